The average molecular weight is 416 g/mol. The van der Waals surface area contributed by atoms with Gasteiger partial charge in [-0.3, -0.25) is 4.79 Å². The predicted octanol–water partition coefficient (Wildman–Crippen LogP) is 2.56. The number of nitrogens with zero attached hydrogens (tertiary/aromatic N) is 2. The minimum atomic E-state index is -0.818. The molecule has 0 saturated carbocycles. The van der Waals surface area contributed by atoms with E-state index in [4.69, 9.17) is 21.1 Å². The Morgan fingerprint density at radius 3 is 2.76 bits per heavy atom. The predicted molar refractivity (Wildman–Crippen MR) is 110 cm³/mol. The highest BCUT2D eigenvalue weighted by atomic mass is 35.5. The second-order valence-corrected chi connectivity index (χ2v) is 6.45. The lowest BCUT2D eigenvalue weighted by molar-refractivity contribution is -0.150. The zero-order valence-corrected chi connectivity index (χ0v) is 16.5. The largest absolute Gasteiger partial charge is 0.477 e. The maximum Gasteiger partial charge on any atom is 0.349 e. The van der Waals surface area contributed by atoms with E-state index in [2.05, 4.69) is 10.1 Å². The molecule has 3 rings (SSSR count). The van der Waals surface area contributed by atoms with E-state index in [-0.39, 0.29) is 11.6 Å². The molecule has 0 unspecified atom stereocenters. The van der Waals surface area contributed by atoms with Crippen molar-refractivity contribution in [2.45, 2.75) is 20.0 Å². The zero-order chi connectivity index (χ0) is 21.0. The maximum atomic E-state index is 12.5. The first-order chi connectivity index (χ1) is 13.9. The van der Waals surface area contributed by atoms with Crippen LogP contribution in [-0.4, -0.2) is 34.6 Å². The van der Waals surface area contributed by atoms with Crippen LogP contribution in [0.5, 0.6) is 5.75 Å². The Morgan fingerprint density at radius 1 is 1.28 bits per heavy atom. The zero-order valence-electron chi connectivity index (χ0n) is 15.7. The SMILES string of the molecule is CCOC(=O)[C@@H](C)Oc1ccc(C=Nn2c(=O)[nH]c3ccccc3c2=O)cc1Cl. The van der Waals surface area contributed by atoms with Crippen LogP contribution in [0.2, 0.25) is 5.02 Å². The number of aromatic nitrogens is 2. The molecule has 0 aliphatic carbocycles. The molecule has 8 nitrogen and oxygen atoms in total. The number of fused-ring (bicyclic) bond motifs is 1. The molecule has 0 radical (unpaired) electrons. The Kier molecular flexibility index (Phi) is 6.13. The van der Waals surface area contributed by atoms with Gasteiger partial charge in [0.2, 0.25) is 0 Å². The number of benzene rings is 2. The Hall–Kier alpha value is -3.39. The number of hydrogen-bond acceptors (Lipinski definition) is 6. The van der Waals surface area contributed by atoms with Crippen molar-refractivity contribution in [1.29, 1.82) is 0 Å². The molecule has 0 spiro atoms. The Bertz CT molecular complexity index is 1200. The minimum absolute atomic E-state index is 0.241. The first-order valence-electron chi connectivity index (χ1n) is 8.82. The topological polar surface area (TPSA) is 103 Å². The third kappa shape index (κ3) is 4.55. The van der Waals surface area contributed by atoms with Crippen molar-refractivity contribution < 1.29 is 14.3 Å². The fourth-order valence-electron chi connectivity index (χ4n) is 2.57. The fraction of sp³-hybridized carbons (Fsp3) is 0.200. The van der Waals surface area contributed by atoms with E-state index in [0.29, 0.717) is 22.2 Å². The molecule has 0 aliphatic heterocycles. The van der Waals surface area contributed by atoms with E-state index in [1.807, 2.05) is 0 Å². The number of aromatic amines is 1. The van der Waals surface area contributed by atoms with Gasteiger partial charge in [0.05, 0.1) is 28.7 Å². The highest BCUT2D eigenvalue weighted by molar-refractivity contribution is 6.32. The molecule has 0 amide bonds. The standard InChI is InChI=1S/C20H18ClN3O5/c1-3-28-19(26)12(2)29-17-9-8-13(10-15(17)21)11-22-24-18(25)14-6-4-5-7-16(14)23-20(24)27/h4-12H,3H2,1-2H3,(H,23,27)/t12-/m1/s1. The van der Waals surface area contributed by atoms with Crippen LogP contribution in [0.4, 0.5) is 0 Å². The number of rotatable bonds is 6. The van der Waals surface area contributed by atoms with Gasteiger partial charge < -0.3 is 14.5 Å². The van der Waals surface area contributed by atoms with E-state index >= 15 is 0 Å². The normalized spacial score (nSPS) is 12.2. The first kappa shape index (κ1) is 20.3. The van der Waals surface area contributed by atoms with E-state index in [1.165, 1.54) is 6.21 Å². The van der Waals surface area contributed by atoms with Crippen molar-refractivity contribution in [3.63, 3.8) is 0 Å². The van der Waals surface area contributed by atoms with Gasteiger partial charge in [-0.2, -0.15) is 5.10 Å². The first-order valence-corrected chi connectivity index (χ1v) is 9.19. The van der Waals surface area contributed by atoms with Gasteiger partial charge in [-0.25, -0.2) is 9.59 Å². The molecular weight excluding hydrogens is 398 g/mol. The number of ether oxygens (including phenoxy) is 2. The van der Waals surface area contributed by atoms with Crippen molar-refractivity contribution in [2.24, 2.45) is 5.10 Å². The smallest absolute Gasteiger partial charge is 0.349 e. The molecular formula is C20H18ClN3O5. The highest BCUT2D eigenvalue weighted by Gasteiger charge is 2.17. The fourth-order valence-corrected chi connectivity index (χ4v) is 2.81. The number of para-hydroxylation sites is 1. The maximum absolute atomic E-state index is 12.5. The van der Waals surface area contributed by atoms with Gasteiger partial charge in [0.25, 0.3) is 5.56 Å². The second-order valence-electron chi connectivity index (χ2n) is 6.04. The summed E-state index contributed by atoms with van der Waals surface area (Å²) < 4.78 is 11.1. The summed E-state index contributed by atoms with van der Waals surface area (Å²) in [5, 5.41) is 4.56. The van der Waals surface area contributed by atoms with Gasteiger partial charge in [0.15, 0.2) is 6.10 Å². The van der Waals surface area contributed by atoms with Crippen LogP contribution in [0.25, 0.3) is 10.9 Å². The molecule has 2 aromatic carbocycles. The highest BCUT2D eigenvalue weighted by Crippen LogP contribution is 2.26. The second kappa shape index (κ2) is 8.74. The molecule has 0 aliphatic rings. The average Bonchev–Trinajstić information content (AvgIpc) is 2.70. The van der Waals surface area contributed by atoms with Crippen LogP contribution in [0.1, 0.15) is 19.4 Å². The summed E-state index contributed by atoms with van der Waals surface area (Å²) >= 11 is 6.20. The summed E-state index contributed by atoms with van der Waals surface area (Å²) in [5.74, 6) is -0.200. The van der Waals surface area contributed by atoms with E-state index in [0.717, 1.165) is 4.68 Å². The van der Waals surface area contributed by atoms with Crippen LogP contribution < -0.4 is 16.0 Å². The van der Waals surface area contributed by atoms with Gasteiger partial charge in [-0.05, 0) is 49.7 Å². The molecule has 1 atom stereocenters. The molecule has 0 bridgehead atoms. The minimum Gasteiger partial charge on any atom is -0.477 e. The summed E-state index contributed by atoms with van der Waals surface area (Å²) in [4.78, 5) is 38.9. The number of nitrogens with one attached hydrogen (secondary N) is 1. The Labute approximate surface area is 170 Å². The lowest BCUT2D eigenvalue weighted by Gasteiger charge is -2.14. The van der Waals surface area contributed by atoms with Crippen LogP contribution in [0, 0.1) is 0 Å². The van der Waals surface area contributed by atoms with Crippen molar-refractivity contribution in [1.82, 2.24) is 9.66 Å². The van der Waals surface area contributed by atoms with Gasteiger partial charge in [0, 0.05) is 0 Å². The lowest BCUT2D eigenvalue weighted by atomic mass is 10.2. The molecule has 1 aromatic heterocycles. The third-order valence-corrected chi connectivity index (χ3v) is 4.28. The molecule has 0 saturated heterocycles. The van der Waals surface area contributed by atoms with E-state index in [1.54, 1.807) is 56.3 Å². The van der Waals surface area contributed by atoms with Gasteiger partial charge in [-0.1, -0.05) is 23.7 Å². The third-order valence-electron chi connectivity index (χ3n) is 3.98. The molecule has 150 valence electrons. The van der Waals surface area contributed by atoms with Gasteiger partial charge in [-0.15, -0.1) is 4.68 Å². The molecule has 1 N–H and O–H groups in total. The Morgan fingerprint density at radius 2 is 2.03 bits per heavy atom. The number of halogens is 1. The summed E-state index contributed by atoms with van der Waals surface area (Å²) in [5.41, 5.74) is -0.214. The van der Waals surface area contributed by atoms with Crippen molar-refractivity contribution >= 4 is 34.7 Å². The van der Waals surface area contributed by atoms with Crippen molar-refractivity contribution in [3.05, 3.63) is 73.9 Å². The summed E-state index contributed by atoms with van der Waals surface area (Å²) in [7, 11) is 0. The Balaban J connectivity index is 1.84. The molecule has 1 heterocycles. The van der Waals surface area contributed by atoms with E-state index in [9.17, 15) is 14.4 Å². The van der Waals surface area contributed by atoms with Crippen LogP contribution in [0.15, 0.2) is 57.2 Å². The molecule has 3 aromatic rings. The lowest BCUT2D eigenvalue weighted by Crippen LogP contribution is -2.32. The molecule has 0 fully saturated rings. The summed E-state index contributed by atoms with van der Waals surface area (Å²) in [6.45, 7) is 3.52. The number of carbonyl (C=O) groups excluding carboxylic acids is 1. The molecule has 29 heavy (non-hydrogen) atoms. The number of esters is 1. The molecule has 9 heteroatoms. The van der Waals surface area contributed by atoms with Crippen molar-refractivity contribution in [2.75, 3.05) is 6.61 Å². The quantitative estimate of drug-likeness (QED) is 0.492. The van der Waals surface area contributed by atoms with Crippen molar-refractivity contribution in [3.8, 4) is 5.75 Å². The van der Waals surface area contributed by atoms with Crippen LogP contribution >= 0.6 is 11.6 Å². The number of carbonyl (C=O) groups is 1. The number of hydrogen-bond donors (Lipinski definition) is 1. The number of H-pyrrole nitrogens is 1. The van der Waals surface area contributed by atoms with Gasteiger partial charge >= 0.3 is 11.7 Å². The van der Waals surface area contributed by atoms with E-state index < -0.39 is 23.3 Å². The van der Waals surface area contributed by atoms with Crippen LogP contribution in [0.3, 0.4) is 0 Å². The monoisotopic (exact) mass is 415 g/mol. The summed E-state index contributed by atoms with van der Waals surface area (Å²) in [6.07, 6.45) is 0.511. The van der Waals surface area contributed by atoms with Crippen LogP contribution in [-0.2, 0) is 9.53 Å². The summed E-state index contributed by atoms with van der Waals surface area (Å²) in [6, 6.07) is 11.4. The van der Waals surface area contributed by atoms with Gasteiger partial charge in [0.1, 0.15) is 5.75 Å².